The second-order valence-electron chi connectivity index (χ2n) is 11.4. The Bertz CT molecular complexity index is 1470. The number of nitrogens with zero attached hydrogens (tertiary/aromatic N) is 3. The van der Waals surface area contributed by atoms with Crippen LogP contribution in [-0.4, -0.2) is 15.5 Å². The number of halogens is 1. The van der Waals surface area contributed by atoms with Crippen molar-refractivity contribution in [3.05, 3.63) is 114 Å². The predicted octanol–water partition coefficient (Wildman–Crippen LogP) is 8.19. The number of imidazole rings is 1. The lowest BCUT2D eigenvalue weighted by Gasteiger charge is -2.34. The van der Waals surface area contributed by atoms with Crippen molar-refractivity contribution >= 4 is 23.5 Å². The van der Waals surface area contributed by atoms with Crippen LogP contribution in [0.1, 0.15) is 75.4 Å². The zero-order chi connectivity index (χ0) is 30.3. The van der Waals surface area contributed by atoms with Crippen LogP contribution in [0.5, 0.6) is 0 Å². The van der Waals surface area contributed by atoms with Crippen molar-refractivity contribution in [2.45, 2.75) is 76.2 Å². The average molecular weight is 587 g/mol. The Hall–Kier alpha value is -3.42. The lowest BCUT2D eigenvalue weighted by Crippen LogP contribution is -2.33. The highest BCUT2D eigenvalue weighted by atomic mass is 32.2. The average Bonchev–Trinajstić information content (AvgIpc) is 3.71. The van der Waals surface area contributed by atoms with Gasteiger partial charge in [0.15, 0.2) is 0 Å². The standard InChI is InChI=1S/C27H31N3O.C6H6FNS.C2H6/c1-27(2)13-7-10-20-16-21(11-12-24(20)27)30(18-25-28-14-15-29(25)3)26(31)23-17-22(23)19-8-5-4-6-9-19;7-5-2-1-3-6(4-5)9-8;1-2/h4-6,8-9,11-12,14-16,22-23H,7,10,13,17-18H2,1-3H3;1-4H,8H2;1-2H3/t22-,23+;;/m1../s1. The molecule has 1 aromatic heterocycles. The van der Waals surface area contributed by atoms with Gasteiger partial charge < -0.3 is 9.47 Å². The number of aromatic nitrogens is 2. The molecular weight excluding hydrogens is 543 g/mol. The maximum atomic E-state index is 13.7. The number of hydrogen-bond donors (Lipinski definition) is 1. The summed E-state index contributed by atoms with van der Waals surface area (Å²) in [6, 6.07) is 23.3. The molecule has 0 spiro atoms. The lowest BCUT2D eigenvalue weighted by atomic mass is 9.73. The van der Waals surface area contributed by atoms with Gasteiger partial charge in [-0.25, -0.2) is 9.37 Å². The Morgan fingerprint density at radius 3 is 2.50 bits per heavy atom. The second kappa shape index (κ2) is 14.2. The molecule has 0 bridgehead atoms. The number of amides is 1. The van der Waals surface area contributed by atoms with Gasteiger partial charge in [-0.2, -0.15) is 0 Å². The monoisotopic (exact) mass is 586 g/mol. The summed E-state index contributed by atoms with van der Waals surface area (Å²) in [5.41, 5.74) is 5.30. The van der Waals surface area contributed by atoms with Crippen molar-refractivity contribution in [3.63, 3.8) is 0 Å². The zero-order valence-corrected chi connectivity index (χ0v) is 26.2. The topological polar surface area (TPSA) is 64.2 Å². The number of nitrogens with two attached hydrogens (primary N) is 1. The number of benzene rings is 3. The molecule has 2 aliphatic rings. The minimum Gasteiger partial charge on any atom is -0.337 e. The van der Waals surface area contributed by atoms with Crippen LogP contribution >= 0.6 is 11.9 Å². The predicted molar refractivity (Wildman–Crippen MR) is 172 cm³/mol. The molecule has 1 heterocycles. The molecule has 5 nitrogen and oxygen atoms in total. The summed E-state index contributed by atoms with van der Waals surface area (Å²) in [6.45, 7) is 9.16. The van der Waals surface area contributed by atoms with Gasteiger partial charge in [0, 0.05) is 35.9 Å². The molecule has 0 unspecified atom stereocenters. The summed E-state index contributed by atoms with van der Waals surface area (Å²) in [5, 5.41) is 5.17. The number of fused-ring (bicyclic) bond motifs is 1. The Morgan fingerprint density at radius 1 is 1.10 bits per heavy atom. The van der Waals surface area contributed by atoms with E-state index in [1.165, 1.54) is 41.7 Å². The number of anilines is 1. The Morgan fingerprint density at radius 2 is 1.86 bits per heavy atom. The van der Waals surface area contributed by atoms with Crippen LogP contribution in [0.15, 0.2) is 90.1 Å². The van der Waals surface area contributed by atoms with Crippen molar-refractivity contribution in [2.24, 2.45) is 18.1 Å². The van der Waals surface area contributed by atoms with Gasteiger partial charge >= 0.3 is 0 Å². The van der Waals surface area contributed by atoms with E-state index in [4.69, 9.17) is 5.14 Å². The lowest BCUT2D eigenvalue weighted by molar-refractivity contribution is -0.120. The van der Waals surface area contributed by atoms with Gasteiger partial charge in [-0.1, -0.05) is 70.2 Å². The number of rotatable bonds is 6. The van der Waals surface area contributed by atoms with E-state index in [-0.39, 0.29) is 23.1 Å². The fraction of sp³-hybridized carbons (Fsp3) is 0.371. The highest BCUT2D eigenvalue weighted by molar-refractivity contribution is 7.97. The van der Waals surface area contributed by atoms with Gasteiger partial charge in [0.05, 0.1) is 6.54 Å². The van der Waals surface area contributed by atoms with E-state index in [9.17, 15) is 9.18 Å². The van der Waals surface area contributed by atoms with Crippen molar-refractivity contribution in [1.82, 2.24) is 9.55 Å². The highest BCUT2D eigenvalue weighted by Gasteiger charge is 2.46. The zero-order valence-electron chi connectivity index (χ0n) is 25.4. The minimum atomic E-state index is -0.245. The van der Waals surface area contributed by atoms with E-state index in [2.05, 4.69) is 61.3 Å². The summed E-state index contributed by atoms with van der Waals surface area (Å²) in [4.78, 5) is 20.9. The molecule has 1 saturated carbocycles. The van der Waals surface area contributed by atoms with E-state index in [1.54, 1.807) is 18.3 Å². The molecule has 1 amide bonds. The van der Waals surface area contributed by atoms with E-state index in [1.807, 2.05) is 42.6 Å². The first-order valence-corrected chi connectivity index (χ1v) is 15.7. The maximum absolute atomic E-state index is 13.7. The van der Waals surface area contributed by atoms with Gasteiger partial charge in [0.25, 0.3) is 0 Å². The molecule has 2 aliphatic carbocycles. The fourth-order valence-electron chi connectivity index (χ4n) is 5.73. The van der Waals surface area contributed by atoms with Crippen LogP contribution < -0.4 is 10.0 Å². The minimum absolute atomic E-state index is 0.0511. The fourth-order valence-corrected chi connectivity index (χ4v) is 6.07. The normalized spacial score (nSPS) is 18.0. The molecule has 7 heteroatoms. The third-order valence-electron chi connectivity index (χ3n) is 8.13. The van der Waals surface area contributed by atoms with Crippen LogP contribution in [0.4, 0.5) is 10.1 Å². The van der Waals surface area contributed by atoms with Crippen molar-refractivity contribution in [1.29, 1.82) is 0 Å². The van der Waals surface area contributed by atoms with Crippen molar-refractivity contribution in [2.75, 3.05) is 4.90 Å². The number of hydrogen-bond acceptors (Lipinski definition) is 4. The number of carbonyl (C=O) groups excluding carboxylic acids is 1. The first kappa shape index (κ1) is 31.5. The summed E-state index contributed by atoms with van der Waals surface area (Å²) in [7, 11) is 1.99. The SMILES string of the molecule is CC.Cn1ccnc1CN(C(=O)[C@H]1C[C@@H]1c1ccccc1)c1ccc2c(c1)CCCC2(C)C.NSc1cccc(F)c1. The molecule has 222 valence electrons. The van der Waals surface area contributed by atoms with Gasteiger partial charge in [-0.05, 0) is 96.0 Å². The first-order valence-electron chi connectivity index (χ1n) is 14.8. The van der Waals surface area contributed by atoms with Crippen LogP contribution in [0.3, 0.4) is 0 Å². The molecular formula is C35H43FN4OS. The van der Waals surface area contributed by atoms with Crippen LogP contribution in [-0.2, 0) is 30.2 Å². The van der Waals surface area contributed by atoms with Gasteiger partial charge in [0.1, 0.15) is 11.6 Å². The quantitative estimate of drug-likeness (QED) is 0.231. The molecule has 6 rings (SSSR count). The van der Waals surface area contributed by atoms with Crippen LogP contribution in [0.25, 0.3) is 0 Å². The summed E-state index contributed by atoms with van der Waals surface area (Å²) in [6.07, 6.45) is 8.19. The molecule has 3 aromatic carbocycles. The first-order chi connectivity index (χ1) is 20.3. The molecule has 0 radical (unpaired) electrons. The Kier molecular flexibility index (Phi) is 10.6. The number of aryl methyl sites for hydroxylation is 2. The maximum Gasteiger partial charge on any atom is 0.231 e. The smallest absolute Gasteiger partial charge is 0.231 e. The molecule has 2 N–H and O–H groups in total. The molecule has 0 saturated heterocycles. The van der Waals surface area contributed by atoms with Gasteiger partial charge in [0.2, 0.25) is 5.91 Å². The van der Waals surface area contributed by atoms with E-state index in [0.717, 1.165) is 41.2 Å². The number of carbonyl (C=O) groups is 1. The Labute approximate surface area is 254 Å². The highest BCUT2D eigenvalue weighted by Crippen LogP contribution is 2.49. The third-order valence-corrected chi connectivity index (χ3v) is 8.66. The third kappa shape index (κ3) is 7.50. The molecule has 42 heavy (non-hydrogen) atoms. The summed E-state index contributed by atoms with van der Waals surface area (Å²) < 4.78 is 14.3. The largest absolute Gasteiger partial charge is 0.337 e. The second-order valence-corrected chi connectivity index (χ2v) is 12.1. The van der Waals surface area contributed by atoms with Crippen molar-refractivity contribution in [3.8, 4) is 0 Å². The van der Waals surface area contributed by atoms with E-state index < -0.39 is 0 Å². The van der Waals surface area contributed by atoms with Gasteiger partial charge in [-0.3, -0.25) is 9.93 Å². The van der Waals surface area contributed by atoms with E-state index >= 15 is 0 Å². The van der Waals surface area contributed by atoms with Crippen LogP contribution in [0.2, 0.25) is 0 Å². The molecule has 4 aromatic rings. The summed E-state index contributed by atoms with van der Waals surface area (Å²) >= 11 is 1.04. The molecule has 1 fully saturated rings. The molecule has 2 atom stereocenters. The van der Waals surface area contributed by atoms with Crippen LogP contribution in [0, 0.1) is 11.7 Å². The molecule has 0 aliphatic heterocycles. The Balaban J connectivity index is 0.000000313. The van der Waals surface area contributed by atoms with Gasteiger partial charge in [-0.15, -0.1) is 0 Å². The summed E-state index contributed by atoms with van der Waals surface area (Å²) in [5.74, 6) is 1.25. The van der Waals surface area contributed by atoms with Crippen molar-refractivity contribution < 1.29 is 9.18 Å². The van der Waals surface area contributed by atoms with E-state index in [0.29, 0.717) is 12.5 Å².